The van der Waals surface area contributed by atoms with Gasteiger partial charge in [0.1, 0.15) is 0 Å². The predicted octanol–water partition coefficient (Wildman–Crippen LogP) is 2.54. The second kappa shape index (κ2) is 9.36. The largest absolute Gasteiger partial charge is 0.417 e. The van der Waals surface area contributed by atoms with Crippen LogP contribution in [0.15, 0.2) is 23.1 Å². The average molecular weight is 478 g/mol. The quantitative estimate of drug-likeness (QED) is 0.625. The van der Waals surface area contributed by atoms with Crippen LogP contribution in [0.3, 0.4) is 0 Å². The smallest absolute Gasteiger partial charge is 0.340 e. The molecule has 2 heterocycles. The summed E-state index contributed by atoms with van der Waals surface area (Å²) in [5, 5.41) is -0.560. The molecular weight excluding hydrogens is 455 g/mol. The summed E-state index contributed by atoms with van der Waals surface area (Å²) < 4.78 is 66.1. The van der Waals surface area contributed by atoms with E-state index in [4.69, 9.17) is 18.0 Å². The van der Waals surface area contributed by atoms with Crippen LogP contribution in [-0.4, -0.2) is 74.2 Å². The van der Waals surface area contributed by atoms with Crippen molar-refractivity contribution in [3.63, 3.8) is 0 Å². The van der Waals surface area contributed by atoms with Gasteiger partial charge in [0.05, 0.1) is 22.0 Å². The molecule has 1 aromatic rings. The summed E-state index contributed by atoms with van der Waals surface area (Å²) in [5.41, 5.74) is -1.19. The van der Waals surface area contributed by atoms with Gasteiger partial charge in [0, 0.05) is 32.1 Å². The van der Waals surface area contributed by atoms with Crippen LogP contribution in [0.25, 0.3) is 0 Å². The van der Waals surface area contributed by atoms with Crippen LogP contribution >= 0.6 is 11.6 Å². The molecule has 1 aromatic carbocycles. The van der Waals surface area contributed by atoms with Gasteiger partial charge in [-0.15, -0.1) is 6.42 Å². The molecule has 31 heavy (non-hydrogen) atoms. The van der Waals surface area contributed by atoms with E-state index in [2.05, 4.69) is 10.8 Å². The van der Waals surface area contributed by atoms with Crippen molar-refractivity contribution in [2.24, 2.45) is 5.92 Å². The van der Waals surface area contributed by atoms with E-state index in [1.807, 2.05) is 0 Å². The lowest BCUT2D eigenvalue weighted by Gasteiger charge is -2.37. The number of hydrogen-bond donors (Lipinski definition) is 0. The fraction of sp³-hybridized carbons (Fsp3) is 0.550. The van der Waals surface area contributed by atoms with Crippen molar-refractivity contribution in [1.82, 2.24) is 14.1 Å². The summed E-state index contributed by atoms with van der Waals surface area (Å²) in [7, 11) is -4.14. The Morgan fingerprint density at radius 1 is 1.13 bits per heavy atom. The first-order chi connectivity index (χ1) is 14.5. The maximum atomic E-state index is 13.1. The number of sulfonamides is 1. The second-order valence-electron chi connectivity index (χ2n) is 7.62. The van der Waals surface area contributed by atoms with Gasteiger partial charge in [-0.05, 0) is 44.1 Å². The number of hydrogen-bond acceptors (Lipinski definition) is 4. The zero-order valence-corrected chi connectivity index (χ0v) is 18.3. The molecule has 0 unspecified atom stereocenters. The van der Waals surface area contributed by atoms with Crippen molar-refractivity contribution in [3.05, 3.63) is 28.8 Å². The molecule has 1 amide bonds. The number of carbonyl (C=O) groups excluding carboxylic acids is 1. The minimum atomic E-state index is -4.76. The number of likely N-dealkylation sites (tertiary alicyclic amines) is 1. The Balaban J connectivity index is 1.63. The van der Waals surface area contributed by atoms with Crippen molar-refractivity contribution in [2.75, 3.05) is 45.8 Å². The molecular formula is C20H23ClF3N3O3S. The molecule has 0 bridgehead atoms. The lowest BCUT2D eigenvalue weighted by Crippen LogP contribution is -2.52. The molecule has 0 radical (unpaired) electrons. The fourth-order valence-corrected chi connectivity index (χ4v) is 5.58. The molecule has 0 N–H and O–H groups in total. The zero-order valence-electron chi connectivity index (χ0n) is 16.7. The van der Waals surface area contributed by atoms with Gasteiger partial charge in [0.2, 0.25) is 15.9 Å². The van der Waals surface area contributed by atoms with Gasteiger partial charge < -0.3 is 4.90 Å². The summed E-state index contributed by atoms with van der Waals surface area (Å²) in [6.45, 7) is 2.48. The van der Waals surface area contributed by atoms with Gasteiger partial charge in [-0.2, -0.15) is 17.5 Å². The highest BCUT2D eigenvalue weighted by atomic mass is 35.5. The maximum Gasteiger partial charge on any atom is 0.417 e. The monoisotopic (exact) mass is 477 g/mol. The molecule has 170 valence electrons. The highest BCUT2D eigenvalue weighted by Gasteiger charge is 2.37. The molecule has 2 aliphatic rings. The summed E-state index contributed by atoms with van der Waals surface area (Å²) >= 11 is 5.59. The van der Waals surface area contributed by atoms with Gasteiger partial charge in [0.25, 0.3) is 0 Å². The SMILES string of the molecule is C#CCN1CCC(C(=O)N2CCN(S(=O)(=O)c3ccc(Cl)c(C(F)(F)F)c3)CC2)CC1. The molecule has 11 heteroatoms. The summed E-state index contributed by atoms with van der Waals surface area (Å²) in [4.78, 5) is 16.1. The van der Waals surface area contributed by atoms with Crippen LogP contribution in [0.2, 0.25) is 5.02 Å². The highest BCUT2D eigenvalue weighted by Crippen LogP contribution is 2.36. The average Bonchev–Trinajstić information content (AvgIpc) is 2.73. The van der Waals surface area contributed by atoms with Gasteiger partial charge in [-0.25, -0.2) is 8.42 Å². The van der Waals surface area contributed by atoms with Gasteiger partial charge in [0.15, 0.2) is 0 Å². The third-order valence-corrected chi connectivity index (χ3v) is 7.91. The molecule has 2 fully saturated rings. The van der Waals surface area contributed by atoms with Crippen LogP contribution in [-0.2, 0) is 21.0 Å². The van der Waals surface area contributed by atoms with Gasteiger partial charge in [-0.3, -0.25) is 9.69 Å². The van der Waals surface area contributed by atoms with Crippen LogP contribution in [0.1, 0.15) is 18.4 Å². The summed E-state index contributed by atoms with van der Waals surface area (Å²) in [6.07, 6.45) is 1.95. The molecule has 6 nitrogen and oxygen atoms in total. The molecule has 0 atom stereocenters. The molecule has 2 saturated heterocycles. The number of terminal acetylenes is 1. The van der Waals surface area contributed by atoms with Crippen molar-refractivity contribution in [1.29, 1.82) is 0 Å². The number of amides is 1. The summed E-state index contributed by atoms with van der Waals surface area (Å²) in [6, 6.07) is 2.55. The Morgan fingerprint density at radius 2 is 1.74 bits per heavy atom. The van der Waals surface area contributed by atoms with E-state index in [-0.39, 0.29) is 38.0 Å². The van der Waals surface area contributed by atoms with E-state index in [1.54, 1.807) is 4.90 Å². The molecule has 0 spiro atoms. The lowest BCUT2D eigenvalue weighted by molar-refractivity contribution is -0.138. The maximum absolute atomic E-state index is 13.1. The molecule has 3 rings (SSSR count). The minimum absolute atomic E-state index is 0.0109. The molecule has 0 aromatic heterocycles. The normalized spacial score (nSPS) is 19.9. The Labute approximate surface area is 185 Å². The number of carbonyl (C=O) groups is 1. The number of halogens is 4. The minimum Gasteiger partial charge on any atom is -0.340 e. The van der Waals surface area contributed by atoms with Crippen molar-refractivity contribution >= 4 is 27.5 Å². The lowest BCUT2D eigenvalue weighted by atomic mass is 9.95. The first kappa shape index (κ1) is 23.9. The van der Waals surface area contributed by atoms with Crippen LogP contribution in [0.5, 0.6) is 0 Å². The summed E-state index contributed by atoms with van der Waals surface area (Å²) in [5.74, 6) is 2.46. The first-order valence-corrected chi connectivity index (χ1v) is 11.7. The highest BCUT2D eigenvalue weighted by molar-refractivity contribution is 7.89. The predicted molar refractivity (Wildman–Crippen MR) is 110 cm³/mol. The zero-order chi connectivity index (χ0) is 22.8. The Bertz CT molecular complexity index is 962. The van der Waals surface area contributed by atoms with Crippen molar-refractivity contribution in [3.8, 4) is 12.3 Å². The van der Waals surface area contributed by atoms with Crippen LogP contribution in [0.4, 0.5) is 13.2 Å². The molecule has 0 saturated carbocycles. The van der Waals surface area contributed by atoms with E-state index >= 15 is 0 Å². The first-order valence-electron chi connectivity index (χ1n) is 9.85. The van der Waals surface area contributed by atoms with E-state index in [9.17, 15) is 26.4 Å². The topological polar surface area (TPSA) is 60.9 Å². The van der Waals surface area contributed by atoms with E-state index < -0.39 is 31.7 Å². The van der Waals surface area contributed by atoms with E-state index in [0.29, 0.717) is 25.5 Å². The number of alkyl halides is 3. The van der Waals surface area contributed by atoms with Crippen LogP contribution < -0.4 is 0 Å². The van der Waals surface area contributed by atoms with Crippen molar-refractivity contribution < 1.29 is 26.4 Å². The number of nitrogens with zero attached hydrogens (tertiary/aromatic N) is 3. The third kappa shape index (κ3) is 5.34. The van der Waals surface area contributed by atoms with Crippen molar-refractivity contribution in [2.45, 2.75) is 23.9 Å². The van der Waals surface area contributed by atoms with Gasteiger partial charge in [-0.1, -0.05) is 17.5 Å². The number of benzene rings is 1. The Kier molecular flexibility index (Phi) is 7.21. The Morgan fingerprint density at radius 3 is 2.29 bits per heavy atom. The Hall–Kier alpha value is -1.80. The van der Waals surface area contributed by atoms with E-state index in [0.717, 1.165) is 29.5 Å². The van der Waals surface area contributed by atoms with Crippen LogP contribution in [0, 0.1) is 18.3 Å². The number of piperazine rings is 1. The van der Waals surface area contributed by atoms with Gasteiger partial charge >= 0.3 is 6.18 Å². The fourth-order valence-electron chi connectivity index (χ4n) is 3.91. The third-order valence-electron chi connectivity index (χ3n) is 5.68. The number of piperidine rings is 1. The second-order valence-corrected chi connectivity index (χ2v) is 9.97. The standard InChI is InChI=1S/C20H23ClF3N3O3S/c1-2-7-25-8-5-15(6-9-25)19(28)26-10-12-27(13-11-26)31(29,30)16-3-4-18(21)17(14-16)20(22,23)24/h1,3-4,14-15H,5-13H2. The molecule has 0 aliphatic carbocycles. The molecule has 2 aliphatic heterocycles. The van der Waals surface area contributed by atoms with E-state index in [1.165, 1.54) is 0 Å². The number of rotatable bonds is 4.